The highest BCUT2D eigenvalue weighted by atomic mass is 16.5. The Morgan fingerprint density at radius 3 is 2.75 bits per heavy atom. The zero-order chi connectivity index (χ0) is 17.1. The summed E-state index contributed by atoms with van der Waals surface area (Å²) in [4.78, 5) is 14.1. The highest BCUT2D eigenvalue weighted by Crippen LogP contribution is 2.19. The molecule has 6 heteroatoms. The Hall–Kier alpha value is -2.34. The number of β-amino-alcohol motifs (C(OH)–C–C–N with tert-alkyl or cyclic N) is 1. The van der Waals surface area contributed by atoms with Crippen molar-refractivity contribution in [1.82, 2.24) is 14.7 Å². The van der Waals surface area contributed by atoms with Crippen molar-refractivity contribution >= 4 is 5.91 Å². The maximum atomic E-state index is 12.4. The summed E-state index contributed by atoms with van der Waals surface area (Å²) < 4.78 is 7.56. The average molecular weight is 329 g/mol. The van der Waals surface area contributed by atoms with E-state index in [4.69, 9.17) is 4.74 Å². The van der Waals surface area contributed by atoms with Gasteiger partial charge in [0.05, 0.1) is 18.8 Å². The standard InChI is InChI=1S/C18H23N3O3/c1-13-14(10-20(2)19-13)8-9-18(23)21-11-16(22)17(12-21)24-15-6-4-3-5-7-15/h3-7,10,16-17,22H,8-9,11-12H2,1-2H3/t16-,17-/m1/s1. The first-order chi connectivity index (χ1) is 11.5. The van der Waals surface area contributed by atoms with Gasteiger partial charge in [0.25, 0.3) is 0 Å². The lowest BCUT2D eigenvalue weighted by Gasteiger charge is -2.17. The minimum Gasteiger partial charge on any atom is -0.486 e. The molecule has 0 aliphatic carbocycles. The van der Waals surface area contributed by atoms with Crippen LogP contribution in [0.5, 0.6) is 5.75 Å². The highest BCUT2D eigenvalue weighted by molar-refractivity contribution is 5.77. The summed E-state index contributed by atoms with van der Waals surface area (Å²) in [5.41, 5.74) is 2.04. The first-order valence-corrected chi connectivity index (χ1v) is 8.19. The Kier molecular flexibility index (Phi) is 4.85. The second kappa shape index (κ2) is 7.05. The molecule has 128 valence electrons. The van der Waals surface area contributed by atoms with Crippen LogP contribution < -0.4 is 4.74 Å². The molecule has 0 spiro atoms. The van der Waals surface area contributed by atoms with Gasteiger partial charge >= 0.3 is 0 Å². The van der Waals surface area contributed by atoms with Gasteiger partial charge in [0.15, 0.2) is 0 Å². The molecule has 1 fully saturated rings. The van der Waals surface area contributed by atoms with Gasteiger partial charge in [0.1, 0.15) is 18.0 Å². The van der Waals surface area contributed by atoms with Crippen molar-refractivity contribution < 1.29 is 14.6 Å². The fourth-order valence-corrected chi connectivity index (χ4v) is 3.04. The fraction of sp³-hybridized carbons (Fsp3) is 0.444. The zero-order valence-corrected chi connectivity index (χ0v) is 14.1. The molecule has 2 heterocycles. The minimum absolute atomic E-state index is 0.0384. The Bertz CT molecular complexity index is 699. The molecule has 3 rings (SSSR count). The van der Waals surface area contributed by atoms with Crippen molar-refractivity contribution in [2.24, 2.45) is 7.05 Å². The van der Waals surface area contributed by atoms with Crippen molar-refractivity contribution in [1.29, 1.82) is 0 Å². The van der Waals surface area contributed by atoms with Gasteiger partial charge in [-0.15, -0.1) is 0 Å². The quantitative estimate of drug-likeness (QED) is 0.898. The van der Waals surface area contributed by atoms with Crippen LogP contribution in [0.15, 0.2) is 36.5 Å². The Labute approximate surface area is 141 Å². The van der Waals surface area contributed by atoms with Gasteiger partial charge in [-0.05, 0) is 31.0 Å². The summed E-state index contributed by atoms with van der Waals surface area (Å²) in [6, 6.07) is 9.38. The Morgan fingerprint density at radius 2 is 2.08 bits per heavy atom. The van der Waals surface area contributed by atoms with Gasteiger partial charge in [-0.1, -0.05) is 18.2 Å². The maximum Gasteiger partial charge on any atom is 0.223 e. The van der Waals surface area contributed by atoms with Crippen LogP contribution in [0.25, 0.3) is 0 Å². The van der Waals surface area contributed by atoms with E-state index in [2.05, 4.69) is 5.10 Å². The average Bonchev–Trinajstić information content (AvgIpc) is 3.08. The van der Waals surface area contributed by atoms with Crippen LogP contribution in [0.4, 0.5) is 0 Å². The van der Waals surface area contributed by atoms with E-state index in [1.165, 1.54) is 0 Å². The SMILES string of the molecule is Cc1nn(C)cc1CCC(=O)N1C[C@@H](O)[C@H](Oc2ccccc2)C1. The van der Waals surface area contributed by atoms with E-state index in [-0.39, 0.29) is 12.0 Å². The number of carbonyl (C=O) groups excluding carboxylic acids is 1. The molecule has 1 aliphatic rings. The van der Waals surface area contributed by atoms with Gasteiger partial charge in [-0.2, -0.15) is 5.10 Å². The Morgan fingerprint density at radius 1 is 1.33 bits per heavy atom. The number of hydrogen-bond acceptors (Lipinski definition) is 4. The largest absolute Gasteiger partial charge is 0.486 e. The molecule has 1 amide bonds. The first-order valence-electron chi connectivity index (χ1n) is 8.19. The second-order valence-electron chi connectivity index (χ2n) is 6.25. The number of ether oxygens (including phenoxy) is 1. The number of aliphatic hydroxyl groups excluding tert-OH is 1. The van der Waals surface area contributed by atoms with Gasteiger partial charge in [0.2, 0.25) is 5.91 Å². The Balaban J connectivity index is 1.54. The van der Waals surface area contributed by atoms with Crippen LogP contribution in [-0.2, 0) is 18.3 Å². The van der Waals surface area contributed by atoms with Crippen LogP contribution in [0, 0.1) is 6.92 Å². The van der Waals surface area contributed by atoms with Crippen molar-refractivity contribution in [2.45, 2.75) is 32.0 Å². The summed E-state index contributed by atoms with van der Waals surface area (Å²) >= 11 is 0. The lowest BCUT2D eigenvalue weighted by atomic mass is 10.1. The third-order valence-electron chi connectivity index (χ3n) is 4.34. The molecular weight excluding hydrogens is 306 g/mol. The molecular formula is C18H23N3O3. The number of aliphatic hydroxyl groups is 1. The number of aryl methyl sites for hydroxylation is 3. The minimum atomic E-state index is -0.658. The summed E-state index contributed by atoms with van der Waals surface area (Å²) in [6.07, 6.45) is 1.99. The number of nitrogens with zero attached hydrogens (tertiary/aromatic N) is 3. The molecule has 0 radical (unpaired) electrons. The summed E-state index contributed by atoms with van der Waals surface area (Å²) in [5, 5.41) is 14.5. The molecule has 1 aromatic carbocycles. The highest BCUT2D eigenvalue weighted by Gasteiger charge is 2.35. The van der Waals surface area contributed by atoms with E-state index in [1.54, 1.807) is 9.58 Å². The normalized spacial score (nSPS) is 20.4. The number of likely N-dealkylation sites (tertiary alicyclic amines) is 1. The number of carbonyl (C=O) groups is 1. The topological polar surface area (TPSA) is 67.6 Å². The first kappa shape index (κ1) is 16.5. The molecule has 1 aromatic heterocycles. The number of benzene rings is 1. The van der Waals surface area contributed by atoms with E-state index in [0.29, 0.717) is 31.7 Å². The summed E-state index contributed by atoms with van der Waals surface area (Å²) in [7, 11) is 1.88. The van der Waals surface area contributed by atoms with E-state index in [9.17, 15) is 9.90 Å². The van der Waals surface area contributed by atoms with Crippen molar-refractivity contribution in [3.63, 3.8) is 0 Å². The predicted molar refractivity (Wildman–Crippen MR) is 89.7 cm³/mol. The maximum absolute atomic E-state index is 12.4. The molecule has 0 unspecified atom stereocenters. The molecule has 1 aliphatic heterocycles. The lowest BCUT2D eigenvalue weighted by molar-refractivity contribution is -0.130. The summed E-state index contributed by atoms with van der Waals surface area (Å²) in [6.45, 7) is 2.69. The van der Waals surface area contributed by atoms with Gasteiger partial charge in [-0.25, -0.2) is 0 Å². The number of para-hydroxylation sites is 1. The van der Waals surface area contributed by atoms with Crippen LogP contribution in [0.1, 0.15) is 17.7 Å². The predicted octanol–water partition coefficient (Wildman–Crippen LogP) is 1.31. The molecule has 2 aromatic rings. The van der Waals surface area contributed by atoms with Crippen LogP contribution >= 0.6 is 0 Å². The number of rotatable bonds is 5. The monoisotopic (exact) mass is 329 g/mol. The van der Waals surface area contributed by atoms with Crippen molar-refractivity contribution in [2.75, 3.05) is 13.1 Å². The second-order valence-corrected chi connectivity index (χ2v) is 6.25. The zero-order valence-electron chi connectivity index (χ0n) is 14.1. The molecule has 1 saturated heterocycles. The molecule has 2 atom stereocenters. The van der Waals surface area contributed by atoms with Crippen LogP contribution in [0.3, 0.4) is 0 Å². The lowest BCUT2D eigenvalue weighted by Crippen LogP contribution is -2.31. The van der Waals surface area contributed by atoms with Gasteiger partial charge in [-0.3, -0.25) is 9.48 Å². The fourth-order valence-electron chi connectivity index (χ4n) is 3.04. The molecule has 0 saturated carbocycles. The van der Waals surface area contributed by atoms with E-state index in [1.807, 2.05) is 50.5 Å². The molecule has 1 N–H and O–H groups in total. The number of amides is 1. The third kappa shape index (κ3) is 3.76. The van der Waals surface area contributed by atoms with Crippen LogP contribution in [0.2, 0.25) is 0 Å². The molecule has 24 heavy (non-hydrogen) atoms. The smallest absolute Gasteiger partial charge is 0.223 e. The molecule has 6 nitrogen and oxygen atoms in total. The third-order valence-corrected chi connectivity index (χ3v) is 4.34. The van der Waals surface area contributed by atoms with Crippen LogP contribution in [-0.4, -0.2) is 51.0 Å². The van der Waals surface area contributed by atoms with E-state index >= 15 is 0 Å². The van der Waals surface area contributed by atoms with E-state index in [0.717, 1.165) is 11.3 Å². The van der Waals surface area contributed by atoms with E-state index < -0.39 is 6.10 Å². The van der Waals surface area contributed by atoms with Crippen molar-refractivity contribution in [3.05, 3.63) is 47.8 Å². The summed E-state index contributed by atoms with van der Waals surface area (Å²) in [5.74, 6) is 0.748. The number of aromatic nitrogens is 2. The van der Waals surface area contributed by atoms with Gasteiger partial charge < -0.3 is 14.7 Å². The number of hydrogen-bond donors (Lipinski definition) is 1. The molecule has 0 bridgehead atoms. The van der Waals surface area contributed by atoms with Gasteiger partial charge in [0, 0.05) is 19.7 Å². The van der Waals surface area contributed by atoms with Crippen molar-refractivity contribution in [3.8, 4) is 5.75 Å².